The molecule has 1 unspecified atom stereocenters. The number of ether oxygens (including phenoxy) is 1. The van der Waals surface area contributed by atoms with Crippen molar-refractivity contribution in [3.63, 3.8) is 0 Å². The number of rotatable bonds is 7. The van der Waals surface area contributed by atoms with Gasteiger partial charge in [-0.1, -0.05) is 0 Å². The van der Waals surface area contributed by atoms with Crippen LogP contribution in [0.2, 0.25) is 0 Å². The molecular formula is C19H20F4N4O4S. The highest BCUT2D eigenvalue weighted by atomic mass is 32.2. The monoisotopic (exact) mass is 476 g/mol. The van der Waals surface area contributed by atoms with Gasteiger partial charge in [0.05, 0.1) is 11.9 Å². The van der Waals surface area contributed by atoms with E-state index in [2.05, 4.69) is 14.6 Å². The number of amides is 1. The number of piperazine rings is 1. The maximum absolute atomic E-state index is 13.7. The van der Waals surface area contributed by atoms with Gasteiger partial charge in [0.15, 0.2) is 5.75 Å². The summed E-state index contributed by atoms with van der Waals surface area (Å²) in [7, 11) is 0. The smallest absolute Gasteiger partial charge is 0.404 e. The Hall–Kier alpha value is -2.77. The predicted octanol–water partition coefficient (Wildman–Crippen LogP) is 2.67. The number of hydrogen-bond donors (Lipinski definition) is 2. The molecule has 1 aliphatic heterocycles. The molecule has 1 saturated heterocycles. The number of halogens is 4. The van der Waals surface area contributed by atoms with Crippen molar-refractivity contribution < 1.29 is 35.9 Å². The van der Waals surface area contributed by atoms with Crippen molar-refractivity contribution in [3.05, 3.63) is 53.6 Å². The van der Waals surface area contributed by atoms with Crippen molar-refractivity contribution in [1.82, 2.24) is 14.8 Å². The zero-order valence-corrected chi connectivity index (χ0v) is 17.5. The zero-order valence-electron chi connectivity index (χ0n) is 16.6. The van der Waals surface area contributed by atoms with Gasteiger partial charge in [0, 0.05) is 44.5 Å². The molecule has 174 valence electrons. The second-order valence-corrected chi connectivity index (χ2v) is 7.66. The van der Waals surface area contributed by atoms with E-state index in [1.807, 2.05) is 4.72 Å². The van der Waals surface area contributed by atoms with Crippen LogP contribution in [0.5, 0.6) is 5.75 Å². The highest BCUT2D eigenvalue weighted by Crippen LogP contribution is 2.32. The van der Waals surface area contributed by atoms with Crippen molar-refractivity contribution in [2.24, 2.45) is 0 Å². The van der Waals surface area contributed by atoms with Crippen LogP contribution in [0, 0.1) is 5.82 Å². The first-order valence-corrected chi connectivity index (χ1v) is 10.6. The standard InChI is InChI=1S/C19H20F4N4O4S/c20-15-12-24-5-3-13(15)4-6-26-7-9-27(10-8-26)18(28)14-1-2-16(25-32(29)30)17(11-14)31-19(21,22)23/h1-3,5,11-12,25H,4,6-10H2,(H,29,30). The van der Waals surface area contributed by atoms with Crippen LogP contribution in [0.15, 0.2) is 36.7 Å². The summed E-state index contributed by atoms with van der Waals surface area (Å²) in [5.74, 6) is -1.65. The topological polar surface area (TPSA) is 95.0 Å². The average Bonchev–Trinajstić information content (AvgIpc) is 2.73. The molecule has 0 spiro atoms. The lowest BCUT2D eigenvalue weighted by atomic mass is 10.1. The molecule has 0 aliphatic carbocycles. The third-order valence-electron chi connectivity index (χ3n) is 4.86. The fraction of sp³-hybridized carbons (Fsp3) is 0.368. The molecule has 3 rings (SSSR count). The highest BCUT2D eigenvalue weighted by Gasteiger charge is 2.33. The summed E-state index contributed by atoms with van der Waals surface area (Å²) < 4.78 is 77.4. The lowest BCUT2D eigenvalue weighted by Crippen LogP contribution is -2.49. The van der Waals surface area contributed by atoms with Gasteiger partial charge < -0.3 is 9.64 Å². The summed E-state index contributed by atoms with van der Waals surface area (Å²) in [6.45, 7) is 2.31. The van der Waals surface area contributed by atoms with Gasteiger partial charge in [-0.2, -0.15) is 0 Å². The molecule has 0 radical (unpaired) electrons. The Kier molecular flexibility index (Phi) is 7.64. The Morgan fingerprint density at radius 2 is 1.94 bits per heavy atom. The number of nitrogens with zero attached hydrogens (tertiary/aromatic N) is 3. The first-order chi connectivity index (χ1) is 15.1. The lowest BCUT2D eigenvalue weighted by molar-refractivity contribution is -0.274. The van der Waals surface area contributed by atoms with Crippen molar-refractivity contribution in [3.8, 4) is 5.75 Å². The average molecular weight is 476 g/mol. The summed E-state index contributed by atoms with van der Waals surface area (Å²) in [6, 6.07) is 4.81. The van der Waals surface area contributed by atoms with Crippen molar-refractivity contribution >= 4 is 22.9 Å². The van der Waals surface area contributed by atoms with E-state index in [0.717, 1.165) is 18.3 Å². The van der Waals surface area contributed by atoms with E-state index in [4.69, 9.17) is 4.55 Å². The van der Waals surface area contributed by atoms with E-state index in [0.29, 0.717) is 44.7 Å². The normalized spacial score (nSPS) is 16.0. The number of carbonyl (C=O) groups excluding carboxylic acids is 1. The summed E-state index contributed by atoms with van der Waals surface area (Å²) >= 11 is -2.62. The van der Waals surface area contributed by atoms with Crippen LogP contribution in [0.3, 0.4) is 0 Å². The minimum Gasteiger partial charge on any atom is -0.404 e. The quantitative estimate of drug-likeness (QED) is 0.472. The highest BCUT2D eigenvalue weighted by molar-refractivity contribution is 7.80. The van der Waals surface area contributed by atoms with Crippen LogP contribution in [-0.2, 0) is 17.7 Å². The molecular weight excluding hydrogens is 456 g/mol. The third-order valence-corrected chi connectivity index (χ3v) is 5.26. The number of carbonyl (C=O) groups is 1. The fourth-order valence-corrected chi connectivity index (χ4v) is 3.64. The van der Waals surface area contributed by atoms with Crippen molar-refractivity contribution in [2.75, 3.05) is 37.4 Å². The number of hydrogen-bond acceptors (Lipinski definition) is 5. The second-order valence-electron chi connectivity index (χ2n) is 6.96. The minimum absolute atomic E-state index is 0.0502. The molecule has 8 nitrogen and oxygen atoms in total. The minimum atomic E-state index is -5.05. The van der Waals surface area contributed by atoms with Crippen LogP contribution < -0.4 is 9.46 Å². The summed E-state index contributed by atoms with van der Waals surface area (Å²) in [5, 5.41) is 0. The van der Waals surface area contributed by atoms with E-state index in [-0.39, 0.29) is 17.1 Å². The SMILES string of the molecule is O=C(c1ccc(NS(=O)O)c(OC(F)(F)F)c1)N1CCN(CCc2ccncc2F)CC1. The third kappa shape index (κ3) is 6.61. The number of aromatic nitrogens is 1. The lowest BCUT2D eigenvalue weighted by Gasteiger charge is -2.35. The van der Waals surface area contributed by atoms with Gasteiger partial charge in [-0.05, 0) is 36.2 Å². The zero-order chi connectivity index (χ0) is 23.3. The Morgan fingerprint density at radius 1 is 1.22 bits per heavy atom. The van der Waals surface area contributed by atoms with Gasteiger partial charge in [0.25, 0.3) is 17.2 Å². The van der Waals surface area contributed by atoms with Gasteiger partial charge >= 0.3 is 6.36 Å². The van der Waals surface area contributed by atoms with Crippen LogP contribution in [0.25, 0.3) is 0 Å². The summed E-state index contributed by atoms with van der Waals surface area (Å²) in [4.78, 5) is 20.0. The van der Waals surface area contributed by atoms with E-state index >= 15 is 0 Å². The largest absolute Gasteiger partial charge is 0.573 e. The van der Waals surface area contributed by atoms with E-state index in [9.17, 15) is 26.6 Å². The molecule has 2 aromatic rings. The summed E-state index contributed by atoms with van der Waals surface area (Å²) in [5.41, 5.74) is 0.118. The van der Waals surface area contributed by atoms with Gasteiger partial charge in [-0.25, -0.2) is 8.60 Å². The molecule has 13 heteroatoms. The maximum atomic E-state index is 13.7. The molecule has 2 N–H and O–H groups in total. The van der Waals surface area contributed by atoms with E-state index < -0.39 is 29.3 Å². The number of anilines is 1. The van der Waals surface area contributed by atoms with Crippen LogP contribution >= 0.6 is 0 Å². The number of pyridine rings is 1. The Bertz CT molecular complexity index is 984. The summed E-state index contributed by atoms with van der Waals surface area (Å²) in [6.07, 6.45) is -1.89. The predicted molar refractivity (Wildman–Crippen MR) is 108 cm³/mol. The Labute approximate surface area is 183 Å². The molecule has 1 fully saturated rings. The molecule has 0 bridgehead atoms. The van der Waals surface area contributed by atoms with Crippen LogP contribution in [-0.4, -0.2) is 68.5 Å². The van der Waals surface area contributed by atoms with Crippen molar-refractivity contribution in [1.29, 1.82) is 0 Å². The molecule has 1 atom stereocenters. The first-order valence-electron chi connectivity index (χ1n) is 9.50. The van der Waals surface area contributed by atoms with Crippen LogP contribution in [0.1, 0.15) is 15.9 Å². The maximum Gasteiger partial charge on any atom is 0.573 e. The Morgan fingerprint density at radius 3 is 2.56 bits per heavy atom. The molecule has 1 aromatic heterocycles. The molecule has 1 aliphatic rings. The second kappa shape index (κ2) is 10.2. The molecule has 32 heavy (non-hydrogen) atoms. The Balaban J connectivity index is 1.62. The van der Waals surface area contributed by atoms with Gasteiger partial charge in [0.1, 0.15) is 5.82 Å². The van der Waals surface area contributed by atoms with Gasteiger partial charge in [0.2, 0.25) is 0 Å². The molecule has 2 heterocycles. The van der Waals surface area contributed by atoms with Gasteiger partial charge in [-0.3, -0.25) is 24.0 Å². The number of benzene rings is 1. The van der Waals surface area contributed by atoms with Crippen LogP contribution in [0.4, 0.5) is 23.2 Å². The first kappa shape index (κ1) is 23.9. The van der Waals surface area contributed by atoms with Crippen molar-refractivity contribution in [2.45, 2.75) is 12.8 Å². The molecule has 0 saturated carbocycles. The van der Waals surface area contributed by atoms with E-state index in [1.54, 1.807) is 6.07 Å². The number of nitrogens with one attached hydrogen (secondary N) is 1. The number of alkyl halides is 3. The molecule has 1 aromatic carbocycles. The molecule has 1 amide bonds. The fourth-order valence-electron chi connectivity index (χ4n) is 3.29. The van der Waals surface area contributed by atoms with Gasteiger partial charge in [-0.15, -0.1) is 13.2 Å². The van der Waals surface area contributed by atoms with E-state index in [1.165, 1.54) is 17.2 Å².